The van der Waals surface area contributed by atoms with Gasteiger partial charge in [-0.15, -0.1) is 0 Å². The number of methoxy groups -OCH3 is 2. The number of nitrogens with two attached hydrogens (primary N) is 1. The lowest BCUT2D eigenvalue weighted by Crippen LogP contribution is -2.00. The maximum absolute atomic E-state index is 5.80. The molecule has 18 heavy (non-hydrogen) atoms. The normalized spacial score (nSPS) is 10.2. The molecule has 0 unspecified atom stereocenters. The molecule has 0 amide bonds. The SMILES string of the molecule is COc1ccc(OC)c(-c2ncnc(N)c2C)c1. The van der Waals surface area contributed by atoms with Crippen molar-refractivity contribution in [3.8, 4) is 22.8 Å². The first-order chi connectivity index (χ1) is 8.67. The number of ether oxygens (including phenoxy) is 2. The fraction of sp³-hybridized carbons (Fsp3) is 0.231. The number of aromatic nitrogens is 2. The van der Waals surface area contributed by atoms with Crippen molar-refractivity contribution in [3.05, 3.63) is 30.1 Å². The number of hydrogen-bond donors (Lipinski definition) is 1. The van der Waals surface area contributed by atoms with Gasteiger partial charge in [-0.1, -0.05) is 0 Å². The van der Waals surface area contributed by atoms with E-state index in [1.807, 2.05) is 25.1 Å². The van der Waals surface area contributed by atoms with E-state index in [1.165, 1.54) is 6.33 Å². The predicted octanol–water partition coefficient (Wildman–Crippen LogP) is 2.05. The number of anilines is 1. The quantitative estimate of drug-likeness (QED) is 0.896. The first-order valence-corrected chi connectivity index (χ1v) is 5.47. The van der Waals surface area contributed by atoms with Crippen molar-refractivity contribution >= 4 is 5.82 Å². The summed E-state index contributed by atoms with van der Waals surface area (Å²) in [5.74, 6) is 1.92. The second-order valence-corrected chi connectivity index (χ2v) is 3.80. The zero-order valence-electron chi connectivity index (χ0n) is 10.6. The molecule has 2 N–H and O–H groups in total. The van der Waals surface area contributed by atoms with Crippen LogP contribution in [-0.2, 0) is 0 Å². The number of nitrogen functional groups attached to an aromatic ring is 1. The standard InChI is InChI=1S/C13H15N3O2/c1-8-12(15-7-16-13(8)14)10-6-9(17-2)4-5-11(10)18-3/h4-7H,1-3H3,(H2,14,15,16). The van der Waals surface area contributed by atoms with Crippen LogP contribution in [0.3, 0.4) is 0 Å². The molecule has 0 radical (unpaired) electrons. The minimum atomic E-state index is 0.463. The Morgan fingerprint density at radius 1 is 1.11 bits per heavy atom. The van der Waals surface area contributed by atoms with Gasteiger partial charge in [0.05, 0.1) is 19.9 Å². The molecule has 0 saturated carbocycles. The van der Waals surface area contributed by atoms with E-state index in [4.69, 9.17) is 15.2 Å². The second kappa shape index (κ2) is 4.91. The Kier molecular flexibility index (Phi) is 3.32. The van der Waals surface area contributed by atoms with Crippen LogP contribution in [0.4, 0.5) is 5.82 Å². The van der Waals surface area contributed by atoms with E-state index >= 15 is 0 Å². The molecule has 1 aromatic heterocycles. The number of hydrogen-bond acceptors (Lipinski definition) is 5. The Bertz CT molecular complexity index is 570. The Hall–Kier alpha value is -2.30. The summed E-state index contributed by atoms with van der Waals surface area (Å²) >= 11 is 0. The van der Waals surface area contributed by atoms with Crippen molar-refractivity contribution in [2.24, 2.45) is 0 Å². The highest BCUT2D eigenvalue weighted by Gasteiger charge is 2.13. The third-order valence-corrected chi connectivity index (χ3v) is 2.78. The molecule has 2 rings (SSSR count). The van der Waals surface area contributed by atoms with E-state index in [0.29, 0.717) is 5.82 Å². The summed E-state index contributed by atoms with van der Waals surface area (Å²) in [6.07, 6.45) is 1.44. The summed E-state index contributed by atoms with van der Waals surface area (Å²) in [6.45, 7) is 1.88. The molecule has 0 bridgehead atoms. The van der Waals surface area contributed by atoms with Crippen molar-refractivity contribution in [2.75, 3.05) is 20.0 Å². The van der Waals surface area contributed by atoms with Gasteiger partial charge in [0.25, 0.3) is 0 Å². The summed E-state index contributed by atoms with van der Waals surface area (Å²) in [6, 6.07) is 5.54. The van der Waals surface area contributed by atoms with Crippen molar-refractivity contribution in [2.45, 2.75) is 6.92 Å². The molecule has 1 aromatic carbocycles. The molecule has 0 aliphatic carbocycles. The van der Waals surface area contributed by atoms with Gasteiger partial charge in [-0.2, -0.15) is 0 Å². The number of benzene rings is 1. The molecule has 5 nitrogen and oxygen atoms in total. The average molecular weight is 245 g/mol. The summed E-state index contributed by atoms with van der Waals surface area (Å²) in [5, 5.41) is 0. The molecule has 0 aliphatic heterocycles. The fourth-order valence-electron chi connectivity index (χ4n) is 1.73. The minimum absolute atomic E-state index is 0.463. The van der Waals surface area contributed by atoms with E-state index in [9.17, 15) is 0 Å². The van der Waals surface area contributed by atoms with Crippen LogP contribution < -0.4 is 15.2 Å². The number of rotatable bonds is 3. The predicted molar refractivity (Wildman–Crippen MR) is 69.7 cm³/mol. The van der Waals surface area contributed by atoms with Gasteiger partial charge in [-0.05, 0) is 25.1 Å². The van der Waals surface area contributed by atoms with Crippen LogP contribution in [0.1, 0.15) is 5.56 Å². The lowest BCUT2D eigenvalue weighted by Gasteiger charge is -2.12. The molecular formula is C13H15N3O2. The summed E-state index contributed by atoms with van der Waals surface area (Å²) < 4.78 is 10.6. The van der Waals surface area contributed by atoms with Gasteiger partial charge in [0.2, 0.25) is 0 Å². The highest BCUT2D eigenvalue weighted by atomic mass is 16.5. The second-order valence-electron chi connectivity index (χ2n) is 3.80. The van der Waals surface area contributed by atoms with E-state index in [0.717, 1.165) is 28.3 Å². The molecule has 0 spiro atoms. The van der Waals surface area contributed by atoms with Crippen molar-refractivity contribution < 1.29 is 9.47 Å². The molecule has 1 heterocycles. The first kappa shape index (κ1) is 12.2. The lowest BCUT2D eigenvalue weighted by atomic mass is 10.1. The smallest absolute Gasteiger partial charge is 0.130 e. The topological polar surface area (TPSA) is 70.3 Å². The summed E-state index contributed by atoms with van der Waals surface area (Å²) in [4.78, 5) is 8.22. The van der Waals surface area contributed by atoms with Crippen LogP contribution in [0, 0.1) is 6.92 Å². The zero-order chi connectivity index (χ0) is 13.1. The number of nitrogens with zero attached hydrogens (tertiary/aromatic N) is 2. The fourth-order valence-corrected chi connectivity index (χ4v) is 1.73. The van der Waals surface area contributed by atoms with Gasteiger partial charge in [-0.25, -0.2) is 9.97 Å². The lowest BCUT2D eigenvalue weighted by molar-refractivity contribution is 0.404. The van der Waals surface area contributed by atoms with Gasteiger partial charge < -0.3 is 15.2 Å². The van der Waals surface area contributed by atoms with Gasteiger partial charge >= 0.3 is 0 Å². The Morgan fingerprint density at radius 3 is 2.56 bits per heavy atom. The van der Waals surface area contributed by atoms with Crippen molar-refractivity contribution in [3.63, 3.8) is 0 Å². The van der Waals surface area contributed by atoms with Crippen LogP contribution in [0.25, 0.3) is 11.3 Å². The van der Waals surface area contributed by atoms with Gasteiger partial charge in [0.15, 0.2) is 0 Å². The Balaban J connectivity index is 2.64. The zero-order valence-corrected chi connectivity index (χ0v) is 10.6. The molecule has 5 heteroatoms. The monoisotopic (exact) mass is 245 g/mol. The van der Waals surface area contributed by atoms with Crippen LogP contribution in [0.5, 0.6) is 11.5 Å². The van der Waals surface area contributed by atoms with E-state index < -0.39 is 0 Å². The van der Waals surface area contributed by atoms with Gasteiger partial charge in [-0.3, -0.25) is 0 Å². The molecular weight excluding hydrogens is 230 g/mol. The highest BCUT2D eigenvalue weighted by Crippen LogP contribution is 2.34. The third kappa shape index (κ3) is 2.07. The van der Waals surface area contributed by atoms with Crippen molar-refractivity contribution in [1.82, 2.24) is 9.97 Å². The Labute approximate surface area is 106 Å². The third-order valence-electron chi connectivity index (χ3n) is 2.78. The summed E-state index contributed by atoms with van der Waals surface area (Å²) in [5.41, 5.74) is 8.20. The van der Waals surface area contributed by atoms with Crippen molar-refractivity contribution in [1.29, 1.82) is 0 Å². The largest absolute Gasteiger partial charge is 0.497 e. The van der Waals surface area contributed by atoms with Gasteiger partial charge in [0.1, 0.15) is 23.6 Å². The van der Waals surface area contributed by atoms with E-state index in [-0.39, 0.29) is 0 Å². The molecule has 0 atom stereocenters. The average Bonchev–Trinajstić information content (AvgIpc) is 2.41. The molecule has 0 fully saturated rings. The van der Waals surface area contributed by atoms with Crippen LogP contribution in [0.15, 0.2) is 24.5 Å². The minimum Gasteiger partial charge on any atom is -0.497 e. The van der Waals surface area contributed by atoms with Crippen LogP contribution in [-0.4, -0.2) is 24.2 Å². The molecule has 0 saturated heterocycles. The van der Waals surface area contributed by atoms with Gasteiger partial charge in [0, 0.05) is 11.1 Å². The van der Waals surface area contributed by atoms with E-state index in [2.05, 4.69) is 9.97 Å². The summed E-state index contributed by atoms with van der Waals surface area (Å²) in [7, 11) is 3.23. The maximum atomic E-state index is 5.80. The van der Waals surface area contributed by atoms with Crippen LogP contribution >= 0.6 is 0 Å². The molecule has 2 aromatic rings. The first-order valence-electron chi connectivity index (χ1n) is 5.47. The highest BCUT2D eigenvalue weighted by molar-refractivity contribution is 5.73. The maximum Gasteiger partial charge on any atom is 0.130 e. The Morgan fingerprint density at radius 2 is 1.89 bits per heavy atom. The molecule has 94 valence electrons. The molecule has 0 aliphatic rings. The van der Waals surface area contributed by atoms with E-state index in [1.54, 1.807) is 14.2 Å². The van der Waals surface area contributed by atoms with Crippen LogP contribution in [0.2, 0.25) is 0 Å².